The van der Waals surface area contributed by atoms with E-state index in [0.29, 0.717) is 49.5 Å². The van der Waals surface area contributed by atoms with Crippen LogP contribution < -0.4 is 10.2 Å². The number of carboxylic acid groups (broad SMARTS) is 1. The van der Waals surface area contributed by atoms with Gasteiger partial charge in [0.25, 0.3) is 0 Å². The highest BCUT2D eigenvalue weighted by atomic mass is 35.5. The SMILES string of the molecule is CCc1c(C#N)c(Cl)nc(N2CCN(CCNC(=O)O)CC2)c1C#N. The predicted octanol–water partition coefficient (Wildman–Crippen LogP) is 1.43. The van der Waals surface area contributed by atoms with Crippen LogP contribution in [0.4, 0.5) is 10.6 Å². The van der Waals surface area contributed by atoms with Gasteiger partial charge in [0.2, 0.25) is 0 Å². The Morgan fingerprint density at radius 3 is 2.44 bits per heavy atom. The number of hydrogen-bond acceptors (Lipinski definition) is 6. The van der Waals surface area contributed by atoms with Gasteiger partial charge in [0.1, 0.15) is 23.1 Å². The number of nitriles is 2. The van der Waals surface area contributed by atoms with Gasteiger partial charge in [0.05, 0.1) is 11.1 Å². The highest BCUT2D eigenvalue weighted by molar-refractivity contribution is 6.30. The first-order chi connectivity index (χ1) is 12.0. The molecule has 25 heavy (non-hydrogen) atoms. The summed E-state index contributed by atoms with van der Waals surface area (Å²) in [6, 6.07) is 4.20. The zero-order chi connectivity index (χ0) is 18.4. The molecule has 1 aromatic rings. The molecular formula is C16H19ClN6O2. The average molecular weight is 363 g/mol. The molecule has 2 N–H and O–H groups in total. The van der Waals surface area contributed by atoms with Crippen LogP contribution in [0.2, 0.25) is 5.15 Å². The zero-order valence-electron chi connectivity index (χ0n) is 13.9. The van der Waals surface area contributed by atoms with Crippen molar-refractivity contribution >= 4 is 23.5 Å². The normalized spacial score (nSPS) is 14.6. The van der Waals surface area contributed by atoms with E-state index in [1.165, 1.54) is 0 Å². The summed E-state index contributed by atoms with van der Waals surface area (Å²) in [6.45, 7) is 5.65. The van der Waals surface area contributed by atoms with Crippen molar-refractivity contribution in [2.24, 2.45) is 0 Å². The molecule has 0 unspecified atom stereocenters. The molecule has 0 spiro atoms. The van der Waals surface area contributed by atoms with Crippen LogP contribution in [0.15, 0.2) is 0 Å². The van der Waals surface area contributed by atoms with Crippen LogP contribution in [-0.4, -0.2) is 60.4 Å². The number of amides is 1. The fourth-order valence-corrected chi connectivity index (χ4v) is 3.14. The molecule has 9 heteroatoms. The average Bonchev–Trinajstić information content (AvgIpc) is 2.61. The minimum Gasteiger partial charge on any atom is -0.465 e. The summed E-state index contributed by atoms with van der Waals surface area (Å²) in [4.78, 5) is 18.9. The molecular weight excluding hydrogens is 344 g/mol. The molecule has 1 saturated heterocycles. The number of nitrogens with zero attached hydrogens (tertiary/aromatic N) is 5. The van der Waals surface area contributed by atoms with Gasteiger partial charge in [-0.3, -0.25) is 4.90 Å². The molecule has 132 valence electrons. The lowest BCUT2D eigenvalue weighted by Gasteiger charge is -2.36. The first kappa shape index (κ1) is 18.8. The van der Waals surface area contributed by atoms with E-state index < -0.39 is 6.09 Å². The molecule has 0 bridgehead atoms. The van der Waals surface area contributed by atoms with E-state index in [-0.39, 0.29) is 10.7 Å². The summed E-state index contributed by atoms with van der Waals surface area (Å²) in [5.41, 5.74) is 1.31. The van der Waals surface area contributed by atoms with Crippen LogP contribution in [0.1, 0.15) is 23.6 Å². The Kier molecular flexibility index (Phi) is 6.40. The summed E-state index contributed by atoms with van der Waals surface area (Å²) < 4.78 is 0. The Hall–Kier alpha value is -2.55. The van der Waals surface area contributed by atoms with Crippen molar-refractivity contribution in [2.75, 3.05) is 44.2 Å². The number of nitrogens with one attached hydrogen (secondary N) is 1. The summed E-state index contributed by atoms with van der Waals surface area (Å²) in [7, 11) is 0. The van der Waals surface area contributed by atoms with Gasteiger partial charge in [-0.1, -0.05) is 18.5 Å². The first-order valence-corrected chi connectivity index (χ1v) is 8.36. The van der Waals surface area contributed by atoms with Gasteiger partial charge in [0, 0.05) is 39.3 Å². The highest BCUT2D eigenvalue weighted by Gasteiger charge is 2.24. The van der Waals surface area contributed by atoms with Crippen molar-refractivity contribution in [3.8, 4) is 12.1 Å². The van der Waals surface area contributed by atoms with Crippen molar-refractivity contribution in [2.45, 2.75) is 13.3 Å². The number of aromatic nitrogens is 1. The molecule has 2 rings (SSSR count). The number of anilines is 1. The number of pyridine rings is 1. The van der Waals surface area contributed by atoms with Crippen LogP contribution in [0, 0.1) is 22.7 Å². The second kappa shape index (κ2) is 8.52. The van der Waals surface area contributed by atoms with Crippen LogP contribution in [0.5, 0.6) is 0 Å². The number of halogens is 1. The van der Waals surface area contributed by atoms with Gasteiger partial charge in [-0.2, -0.15) is 10.5 Å². The van der Waals surface area contributed by atoms with E-state index in [2.05, 4.69) is 21.3 Å². The van der Waals surface area contributed by atoms with Crippen molar-refractivity contribution in [1.82, 2.24) is 15.2 Å². The summed E-state index contributed by atoms with van der Waals surface area (Å²) in [5, 5.41) is 29.9. The third kappa shape index (κ3) is 4.30. The van der Waals surface area contributed by atoms with Crippen LogP contribution in [-0.2, 0) is 6.42 Å². The largest absolute Gasteiger partial charge is 0.465 e. The van der Waals surface area contributed by atoms with Crippen molar-refractivity contribution in [1.29, 1.82) is 10.5 Å². The molecule has 1 aromatic heterocycles. The molecule has 0 atom stereocenters. The van der Waals surface area contributed by atoms with E-state index in [0.717, 1.165) is 13.1 Å². The Labute approximate surface area is 151 Å². The van der Waals surface area contributed by atoms with Crippen molar-refractivity contribution < 1.29 is 9.90 Å². The van der Waals surface area contributed by atoms with Crippen LogP contribution in [0.3, 0.4) is 0 Å². The van der Waals surface area contributed by atoms with E-state index in [9.17, 15) is 15.3 Å². The third-order valence-electron chi connectivity index (χ3n) is 4.19. The Balaban J connectivity index is 2.13. The fraction of sp³-hybridized carbons (Fsp3) is 0.500. The van der Waals surface area contributed by atoms with E-state index in [4.69, 9.17) is 16.7 Å². The van der Waals surface area contributed by atoms with Crippen molar-refractivity contribution in [3.05, 3.63) is 21.8 Å². The topological polar surface area (TPSA) is 116 Å². The zero-order valence-corrected chi connectivity index (χ0v) is 14.7. The predicted molar refractivity (Wildman–Crippen MR) is 92.7 cm³/mol. The minimum atomic E-state index is -1.03. The van der Waals surface area contributed by atoms with Gasteiger partial charge in [0.15, 0.2) is 0 Å². The summed E-state index contributed by atoms with van der Waals surface area (Å²) >= 11 is 6.14. The van der Waals surface area contributed by atoms with Crippen LogP contribution >= 0.6 is 11.6 Å². The van der Waals surface area contributed by atoms with Crippen LogP contribution in [0.25, 0.3) is 0 Å². The molecule has 0 aliphatic carbocycles. The molecule has 0 radical (unpaired) electrons. The van der Waals surface area contributed by atoms with Gasteiger partial charge < -0.3 is 15.3 Å². The number of piperazine rings is 1. The monoisotopic (exact) mass is 362 g/mol. The summed E-state index contributed by atoms with van der Waals surface area (Å²) in [6.07, 6.45) is -0.497. The molecule has 1 aliphatic rings. The molecule has 8 nitrogen and oxygen atoms in total. The quantitative estimate of drug-likeness (QED) is 0.761. The maximum Gasteiger partial charge on any atom is 0.404 e. The Bertz CT molecular complexity index is 732. The third-order valence-corrected chi connectivity index (χ3v) is 4.46. The number of carbonyl (C=O) groups is 1. The number of hydrogen-bond donors (Lipinski definition) is 2. The first-order valence-electron chi connectivity index (χ1n) is 7.98. The fourth-order valence-electron chi connectivity index (χ4n) is 2.91. The van der Waals surface area contributed by atoms with E-state index in [1.54, 1.807) is 0 Å². The second-order valence-corrected chi connectivity index (χ2v) is 5.95. The molecule has 0 saturated carbocycles. The lowest BCUT2D eigenvalue weighted by molar-refractivity contribution is 0.190. The molecule has 1 fully saturated rings. The maximum atomic E-state index is 10.5. The van der Waals surface area contributed by atoms with Gasteiger partial charge >= 0.3 is 6.09 Å². The Morgan fingerprint density at radius 2 is 1.92 bits per heavy atom. The maximum absolute atomic E-state index is 10.5. The van der Waals surface area contributed by atoms with Crippen molar-refractivity contribution in [3.63, 3.8) is 0 Å². The lowest BCUT2D eigenvalue weighted by atomic mass is 10.0. The molecule has 1 amide bonds. The lowest BCUT2D eigenvalue weighted by Crippen LogP contribution is -2.49. The second-order valence-electron chi connectivity index (χ2n) is 5.59. The Morgan fingerprint density at radius 1 is 1.28 bits per heavy atom. The summed E-state index contributed by atoms with van der Waals surface area (Å²) in [5.74, 6) is 0.520. The molecule has 1 aliphatic heterocycles. The molecule has 0 aromatic carbocycles. The van der Waals surface area contributed by atoms with Gasteiger partial charge in [-0.05, 0) is 12.0 Å². The smallest absolute Gasteiger partial charge is 0.404 e. The van der Waals surface area contributed by atoms with Gasteiger partial charge in [-0.15, -0.1) is 0 Å². The highest BCUT2D eigenvalue weighted by Crippen LogP contribution is 2.29. The van der Waals surface area contributed by atoms with E-state index in [1.807, 2.05) is 17.9 Å². The minimum absolute atomic E-state index is 0.126. The number of rotatable bonds is 5. The molecule has 2 heterocycles. The van der Waals surface area contributed by atoms with Gasteiger partial charge in [-0.25, -0.2) is 9.78 Å². The van der Waals surface area contributed by atoms with E-state index >= 15 is 0 Å². The standard InChI is InChI=1S/C16H19ClN6O2/c1-2-11-12(9-18)14(17)21-15(13(11)10-19)23-7-5-22(6-8-23)4-3-20-16(24)25/h20H,2-8H2,1H3,(H,24,25).